The van der Waals surface area contributed by atoms with Gasteiger partial charge in [-0.3, -0.25) is 24.0 Å². The van der Waals surface area contributed by atoms with Crippen LogP contribution in [0.15, 0.2) is 30.3 Å². The number of carboxylic acids is 1. The molecule has 0 spiro atoms. The number of ketones is 2. The van der Waals surface area contributed by atoms with Crippen LogP contribution in [0.2, 0.25) is 0 Å². The van der Waals surface area contributed by atoms with Gasteiger partial charge in [-0.2, -0.15) is 0 Å². The van der Waals surface area contributed by atoms with E-state index in [1.54, 1.807) is 37.9 Å². The van der Waals surface area contributed by atoms with Gasteiger partial charge in [0.2, 0.25) is 11.8 Å². The predicted molar refractivity (Wildman–Crippen MR) is 203 cm³/mol. The fourth-order valence-corrected chi connectivity index (χ4v) is 7.99. The van der Waals surface area contributed by atoms with E-state index >= 15 is 0 Å². The van der Waals surface area contributed by atoms with Gasteiger partial charge in [0.15, 0.2) is 5.78 Å². The standard InChI is InChI=1S/C41H67N3O8/c1-12-27(6)38(43(9)40(48)31(25(2)3)23-34(46)37(42-8)26(4)5)35(51-10)24-36(47)44-20-16-19-32(44)39(52-11)28(7)33(45)22-30(41(49)50)21-29-17-14-13-15-18-29/h13-15,17-18,25-28,30-32,35,37-39,42H,12,16,19-24H2,1-11H3,(H,49,50)/t27?,28-,30+,31-,32-,35+,37-,38-,39+/m0/s1. The monoisotopic (exact) mass is 729 g/mol. The molecule has 0 bridgehead atoms. The number of benzene rings is 1. The Balaban J connectivity index is 2.26. The number of aliphatic carboxylic acids is 1. The number of likely N-dealkylation sites (N-methyl/N-ethyl adjacent to an activating group) is 2. The van der Waals surface area contributed by atoms with E-state index in [-0.39, 0.29) is 78.9 Å². The molecule has 2 rings (SSSR count). The molecule has 1 aromatic rings. The summed E-state index contributed by atoms with van der Waals surface area (Å²) in [6, 6.07) is 8.13. The van der Waals surface area contributed by atoms with E-state index in [1.807, 2.05) is 71.9 Å². The summed E-state index contributed by atoms with van der Waals surface area (Å²) in [5, 5.41) is 13.0. The number of amides is 2. The van der Waals surface area contributed by atoms with Gasteiger partial charge in [-0.1, -0.05) is 85.2 Å². The average molecular weight is 730 g/mol. The SMILES string of the molecule is CCC(C)[C@@H]([C@@H](CC(=O)N1CCC[C@H]1[C@H](OC)[C@@H](C)C(=O)C[C@@H](Cc1ccccc1)C(=O)O)OC)N(C)C(=O)[C@@H](CC(=O)[C@@H](NC)C(C)C)C(C)C. The molecule has 1 saturated heterocycles. The van der Waals surface area contributed by atoms with Crippen molar-refractivity contribution in [3.63, 3.8) is 0 Å². The Morgan fingerprint density at radius 3 is 2.06 bits per heavy atom. The van der Waals surface area contributed by atoms with Crippen molar-refractivity contribution in [3.05, 3.63) is 35.9 Å². The number of Topliss-reactive ketones (excluding diaryl/α,β-unsaturated/α-hetero) is 2. The molecule has 1 unspecified atom stereocenters. The highest BCUT2D eigenvalue weighted by Crippen LogP contribution is 2.31. The number of rotatable bonds is 23. The molecular weight excluding hydrogens is 662 g/mol. The van der Waals surface area contributed by atoms with Crippen LogP contribution < -0.4 is 5.32 Å². The lowest BCUT2D eigenvalue weighted by Crippen LogP contribution is -2.54. The summed E-state index contributed by atoms with van der Waals surface area (Å²) in [6.07, 6.45) is 1.16. The zero-order valence-corrected chi connectivity index (χ0v) is 33.6. The molecule has 0 saturated carbocycles. The highest BCUT2D eigenvalue weighted by Gasteiger charge is 2.43. The Morgan fingerprint density at radius 1 is 0.923 bits per heavy atom. The summed E-state index contributed by atoms with van der Waals surface area (Å²) >= 11 is 0. The van der Waals surface area contributed by atoms with Crippen molar-refractivity contribution in [1.29, 1.82) is 0 Å². The van der Waals surface area contributed by atoms with Crippen LogP contribution in [0.4, 0.5) is 0 Å². The van der Waals surface area contributed by atoms with Gasteiger partial charge in [-0.05, 0) is 49.6 Å². The number of likely N-dealkylation sites (tertiary alicyclic amines) is 1. The number of carbonyl (C=O) groups excluding carboxylic acids is 4. The number of nitrogens with zero attached hydrogens (tertiary/aromatic N) is 2. The Bertz CT molecular complexity index is 1300. The van der Waals surface area contributed by atoms with Crippen LogP contribution in [0.5, 0.6) is 0 Å². The molecule has 1 aliphatic heterocycles. The zero-order valence-electron chi connectivity index (χ0n) is 33.6. The third-order valence-electron chi connectivity index (χ3n) is 11.3. The molecule has 0 radical (unpaired) electrons. The van der Waals surface area contributed by atoms with Crippen molar-refractivity contribution in [3.8, 4) is 0 Å². The maximum Gasteiger partial charge on any atom is 0.307 e. The Hall–Kier alpha value is -3.15. The van der Waals surface area contributed by atoms with Crippen LogP contribution in [0, 0.1) is 35.5 Å². The van der Waals surface area contributed by atoms with Crippen LogP contribution >= 0.6 is 0 Å². The molecule has 294 valence electrons. The smallest absolute Gasteiger partial charge is 0.307 e. The first kappa shape index (κ1) is 45.0. The minimum Gasteiger partial charge on any atom is -0.481 e. The van der Waals surface area contributed by atoms with Crippen molar-refractivity contribution >= 4 is 29.4 Å². The molecule has 2 N–H and O–H groups in total. The van der Waals surface area contributed by atoms with Crippen LogP contribution in [-0.2, 0) is 39.9 Å². The molecular formula is C41H67N3O8. The van der Waals surface area contributed by atoms with Gasteiger partial charge in [0.1, 0.15) is 5.78 Å². The Kier molecular flexibility index (Phi) is 18.6. The van der Waals surface area contributed by atoms with Gasteiger partial charge in [-0.25, -0.2) is 0 Å². The highest BCUT2D eigenvalue weighted by molar-refractivity contribution is 5.90. The minimum absolute atomic E-state index is 0.00617. The summed E-state index contributed by atoms with van der Waals surface area (Å²) < 4.78 is 11.9. The summed E-state index contributed by atoms with van der Waals surface area (Å²) in [5.74, 6) is -3.54. The van der Waals surface area contributed by atoms with Gasteiger partial charge in [0.25, 0.3) is 0 Å². The molecule has 2 amide bonds. The molecule has 1 aromatic carbocycles. The fourth-order valence-electron chi connectivity index (χ4n) is 7.99. The van der Waals surface area contributed by atoms with Crippen molar-refractivity contribution in [2.24, 2.45) is 35.5 Å². The van der Waals surface area contributed by atoms with E-state index in [2.05, 4.69) is 5.32 Å². The lowest BCUT2D eigenvalue weighted by Gasteiger charge is -2.41. The molecule has 0 aromatic heterocycles. The second-order valence-corrected chi connectivity index (χ2v) is 15.5. The van der Waals surface area contributed by atoms with Crippen LogP contribution in [-0.4, -0.2) is 109 Å². The van der Waals surface area contributed by atoms with Gasteiger partial charge in [-0.15, -0.1) is 0 Å². The number of hydrogen-bond acceptors (Lipinski definition) is 8. The average Bonchev–Trinajstić information content (AvgIpc) is 3.59. The van der Waals surface area contributed by atoms with Crippen molar-refractivity contribution in [2.75, 3.05) is 34.9 Å². The van der Waals surface area contributed by atoms with Crippen molar-refractivity contribution in [2.45, 2.75) is 124 Å². The molecule has 1 aliphatic rings. The summed E-state index contributed by atoms with van der Waals surface area (Å²) in [7, 11) is 6.61. The third kappa shape index (κ3) is 11.9. The second-order valence-electron chi connectivity index (χ2n) is 15.5. The third-order valence-corrected chi connectivity index (χ3v) is 11.3. The first-order chi connectivity index (χ1) is 24.5. The number of ether oxygens (including phenoxy) is 2. The van der Waals surface area contributed by atoms with Crippen molar-refractivity contribution < 1.29 is 38.6 Å². The van der Waals surface area contributed by atoms with E-state index in [4.69, 9.17) is 9.47 Å². The highest BCUT2D eigenvalue weighted by atomic mass is 16.5. The largest absolute Gasteiger partial charge is 0.481 e. The first-order valence-corrected chi connectivity index (χ1v) is 19.1. The van der Waals surface area contributed by atoms with Crippen LogP contribution in [0.25, 0.3) is 0 Å². The second kappa shape index (κ2) is 21.5. The normalized spacial score (nSPS) is 19.4. The van der Waals surface area contributed by atoms with Gasteiger partial charge >= 0.3 is 5.97 Å². The minimum atomic E-state index is -1.02. The van der Waals surface area contributed by atoms with E-state index in [0.717, 1.165) is 18.4 Å². The topological polar surface area (TPSA) is 143 Å². The number of carbonyl (C=O) groups is 5. The quantitative estimate of drug-likeness (QED) is 0.154. The molecule has 52 heavy (non-hydrogen) atoms. The van der Waals surface area contributed by atoms with E-state index < -0.39 is 42.0 Å². The summed E-state index contributed by atoms with van der Waals surface area (Å²) in [5.41, 5.74) is 0.851. The first-order valence-electron chi connectivity index (χ1n) is 19.1. The van der Waals surface area contributed by atoms with Crippen molar-refractivity contribution in [1.82, 2.24) is 15.1 Å². The molecule has 1 fully saturated rings. The molecule has 11 heteroatoms. The molecule has 1 heterocycles. The van der Waals surface area contributed by atoms with Gasteiger partial charge in [0.05, 0.1) is 42.7 Å². The number of carboxylic acid groups (broad SMARTS) is 1. The number of hydrogen-bond donors (Lipinski definition) is 2. The molecule has 9 atom stereocenters. The summed E-state index contributed by atoms with van der Waals surface area (Å²) in [4.78, 5) is 70.8. The van der Waals surface area contributed by atoms with Crippen LogP contribution in [0.1, 0.15) is 92.6 Å². The molecule has 11 nitrogen and oxygen atoms in total. The van der Waals surface area contributed by atoms with E-state index in [9.17, 15) is 29.1 Å². The maximum absolute atomic E-state index is 14.2. The van der Waals surface area contributed by atoms with Gasteiger partial charge < -0.3 is 29.7 Å². The fraction of sp³-hybridized carbons (Fsp3) is 0.732. The van der Waals surface area contributed by atoms with E-state index in [0.29, 0.717) is 13.0 Å². The summed E-state index contributed by atoms with van der Waals surface area (Å²) in [6.45, 7) is 14.2. The Morgan fingerprint density at radius 2 is 1.56 bits per heavy atom. The van der Waals surface area contributed by atoms with Crippen LogP contribution in [0.3, 0.4) is 0 Å². The lowest BCUT2D eigenvalue weighted by molar-refractivity contribution is -0.149. The number of nitrogens with one attached hydrogen (secondary N) is 1. The zero-order chi connectivity index (χ0) is 39.3. The predicted octanol–water partition coefficient (Wildman–Crippen LogP) is 5.28. The van der Waals surface area contributed by atoms with E-state index in [1.165, 1.54) is 7.11 Å². The lowest BCUT2D eigenvalue weighted by atomic mass is 9.84. The maximum atomic E-state index is 14.2. The molecule has 0 aliphatic carbocycles. The number of methoxy groups -OCH3 is 2. The Labute approximate surface area is 312 Å². The van der Waals surface area contributed by atoms with Gasteiger partial charge in [0, 0.05) is 52.5 Å².